The van der Waals surface area contributed by atoms with Crippen LogP contribution in [0, 0.1) is 6.92 Å². The fraction of sp³-hybridized carbons (Fsp3) is 0.385. The first-order chi connectivity index (χ1) is 8.51. The van der Waals surface area contributed by atoms with Gasteiger partial charge in [0.15, 0.2) is 0 Å². The molecule has 0 aliphatic carbocycles. The second-order valence-electron chi connectivity index (χ2n) is 3.63. The van der Waals surface area contributed by atoms with Gasteiger partial charge in [0.1, 0.15) is 11.3 Å². The number of esters is 2. The number of ether oxygens (including phenoxy) is 2. The van der Waals surface area contributed by atoms with Crippen molar-refractivity contribution in [2.75, 3.05) is 13.2 Å². The van der Waals surface area contributed by atoms with Crippen LogP contribution in [0.15, 0.2) is 12.1 Å². The number of aryl methyl sites for hydroxylation is 1. The zero-order valence-corrected chi connectivity index (χ0v) is 10.6. The number of phenols is 1. The molecular weight excluding hydrogens is 236 g/mol. The third-order valence-corrected chi connectivity index (χ3v) is 2.31. The average molecular weight is 252 g/mol. The number of phenolic OH excluding ortho intramolecular Hbond substituents is 1. The summed E-state index contributed by atoms with van der Waals surface area (Å²) < 4.78 is 9.65. The Morgan fingerprint density at radius 3 is 2.22 bits per heavy atom. The van der Waals surface area contributed by atoms with E-state index in [1.807, 2.05) is 0 Å². The zero-order chi connectivity index (χ0) is 13.7. The van der Waals surface area contributed by atoms with Gasteiger partial charge in [-0.05, 0) is 38.5 Å². The van der Waals surface area contributed by atoms with Crippen LogP contribution < -0.4 is 0 Å². The van der Waals surface area contributed by atoms with E-state index in [2.05, 4.69) is 0 Å². The molecule has 18 heavy (non-hydrogen) atoms. The quantitative estimate of drug-likeness (QED) is 0.830. The van der Waals surface area contributed by atoms with E-state index < -0.39 is 11.9 Å². The first-order valence-electron chi connectivity index (χ1n) is 5.69. The van der Waals surface area contributed by atoms with Crippen molar-refractivity contribution in [3.63, 3.8) is 0 Å². The Morgan fingerprint density at radius 2 is 1.67 bits per heavy atom. The van der Waals surface area contributed by atoms with E-state index in [1.165, 1.54) is 12.1 Å². The maximum atomic E-state index is 11.6. The van der Waals surface area contributed by atoms with Crippen LogP contribution in [0.25, 0.3) is 0 Å². The van der Waals surface area contributed by atoms with Crippen LogP contribution in [0.5, 0.6) is 5.75 Å². The van der Waals surface area contributed by atoms with Crippen LogP contribution in [0.4, 0.5) is 0 Å². The van der Waals surface area contributed by atoms with Crippen LogP contribution in [-0.2, 0) is 9.47 Å². The molecule has 0 fully saturated rings. The van der Waals surface area contributed by atoms with Crippen molar-refractivity contribution in [3.8, 4) is 5.75 Å². The lowest BCUT2D eigenvalue weighted by atomic mass is 10.0. The van der Waals surface area contributed by atoms with E-state index in [9.17, 15) is 14.7 Å². The van der Waals surface area contributed by atoms with Crippen LogP contribution in [0.1, 0.15) is 40.1 Å². The zero-order valence-electron chi connectivity index (χ0n) is 10.6. The van der Waals surface area contributed by atoms with Crippen molar-refractivity contribution in [2.24, 2.45) is 0 Å². The first kappa shape index (κ1) is 14.0. The van der Waals surface area contributed by atoms with E-state index in [-0.39, 0.29) is 30.1 Å². The predicted molar refractivity (Wildman–Crippen MR) is 64.8 cm³/mol. The van der Waals surface area contributed by atoms with Gasteiger partial charge in [0.05, 0.1) is 18.8 Å². The lowest BCUT2D eigenvalue weighted by Gasteiger charge is -2.09. The molecule has 1 N–H and O–H groups in total. The summed E-state index contributed by atoms with van der Waals surface area (Å²) in [5.41, 5.74) is 0.610. The number of rotatable bonds is 4. The molecule has 0 amide bonds. The Bertz CT molecular complexity index is 465. The number of hydrogen-bond donors (Lipinski definition) is 1. The summed E-state index contributed by atoms with van der Waals surface area (Å²) in [6.45, 7) is 5.39. The summed E-state index contributed by atoms with van der Waals surface area (Å²) in [6, 6.07) is 2.74. The molecule has 0 unspecified atom stereocenters. The Hall–Kier alpha value is -2.04. The molecule has 0 aromatic heterocycles. The van der Waals surface area contributed by atoms with Crippen LogP contribution in [-0.4, -0.2) is 30.3 Å². The molecule has 98 valence electrons. The highest BCUT2D eigenvalue weighted by Crippen LogP contribution is 2.25. The molecule has 0 saturated carbocycles. The van der Waals surface area contributed by atoms with Crippen molar-refractivity contribution in [3.05, 3.63) is 28.8 Å². The van der Waals surface area contributed by atoms with Crippen molar-refractivity contribution < 1.29 is 24.2 Å². The monoisotopic (exact) mass is 252 g/mol. The van der Waals surface area contributed by atoms with E-state index in [1.54, 1.807) is 20.8 Å². The molecule has 0 spiro atoms. The van der Waals surface area contributed by atoms with E-state index in [0.29, 0.717) is 5.56 Å². The molecule has 5 nitrogen and oxygen atoms in total. The van der Waals surface area contributed by atoms with Crippen molar-refractivity contribution in [2.45, 2.75) is 20.8 Å². The van der Waals surface area contributed by atoms with Gasteiger partial charge < -0.3 is 14.6 Å². The molecule has 0 atom stereocenters. The van der Waals surface area contributed by atoms with Crippen LogP contribution in [0.2, 0.25) is 0 Å². The normalized spacial score (nSPS) is 9.94. The van der Waals surface area contributed by atoms with Crippen molar-refractivity contribution in [1.29, 1.82) is 0 Å². The standard InChI is InChI=1S/C13H16O5/c1-4-17-12(15)9-6-8(3)11(14)10(7-9)13(16)18-5-2/h6-7,14H,4-5H2,1-3H3. The van der Waals surface area contributed by atoms with Gasteiger partial charge in [0.25, 0.3) is 0 Å². The smallest absolute Gasteiger partial charge is 0.341 e. The number of carbonyl (C=O) groups is 2. The van der Waals surface area contributed by atoms with Gasteiger partial charge in [-0.2, -0.15) is 0 Å². The highest BCUT2D eigenvalue weighted by Gasteiger charge is 2.18. The summed E-state index contributed by atoms with van der Waals surface area (Å²) >= 11 is 0. The number of aromatic hydroxyl groups is 1. The Balaban J connectivity index is 3.18. The fourth-order valence-corrected chi connectivity index (χ4v) is 1.48. The highest BCUT2D eigenvalue weighted by atomic mass is 16.5. The van der Waals surface area contributed by atoms with E-state index in [4.69, 9.17) is 9.47 Å². The number of benzene rings is 1. The van der Waals surface area contributed by atoms with Gasteiger partial charge in [0, 0.05) is 0 Å². The molecular formula is C13H16O5. The Morgan fingerprint density at radius 1 is 1.11 bits per heavy atom. The van der Waals surface area contributed by atoms with Gasteiger partial charge in [-0.3, -0.25) is 0 Å². The largest absolute Gasteiger partial charge is 0.507 e. The highest BCUT2D eigenvalue weighted by molar-refractivity contribution is 5.97. The van der Waals surface area contributed by atoms with Crippen LogP contribution in [0.3, 0.4) is 0 Å². The topological polar surface area (TPSA) is 72.8 Å². The summed E-state index contributed by atoms with van der Waals surface area (Å²) in [6.07, 6.45) is 0. The molecule has 0 radical (unpaired) electrons. The van der Waals surface area contributed by atoms with E-state index >= 15 is 0 Å². The maximum Gasteiger partial charge on any atom is 0.341 e. The summed E-state index contributed by atoms with van der Waals surface area (Å²) in [5, 5.41) is 9.78. The summed E-state index contributed by atoms with van der Waals surface area (Å²) in [4.78, 5) is 23.2. The third-order valence-electron chi connectivity index (χ3n) is 2.31. The molecule has 0 heterocycles. The average Bonchev–Trinajstić information content (AvgIpc) is 2.32. The van der Waals surface area contributed by atoms with Gasteiger partial charge in [-0.1, -0.05) is 0 Å². The van der Waals surface area contributed by atoms with Crippen molar-refractivity contribution in [1.82, 2.24) is 0 Å². The molecule has 0 bridgehead atoms. The fourth-order valence-electron chi connectivity index (χ4n) is 1.48. The van der Waals surface area contributed by atoms with Gasteiger partial charge in [-0.15, -0.1) is 0 Å². The minimum absolute atomic E-state index is 0.0279. The molecule has 1 rings (SSSR count). The van der Waals surface area contributed by atoms with Crippen molar-refractivity contribution >= 4 is 11.9 Å². The molecule has 0 aliphatic rings. The maximum absolute atomic E-state index is 11.6. The van der Waals surface area contributed by atoms with E-state index in [0.717, 1.165) is 0 Å². The molecule has 5 heteroatoms. The minimum atomic E-state index is -0.663. The Labute approximate surface area is 105 Å². The first-order valence-corrected chi connectivity index (χ1v) is 5.69. The minimum Gasteiger partial charge on any atom is -0.507 e. The van der Waals surface area contributed by atoms with Gasteiger partial charge >= 0.3 is 11.9 Å². The lowest BCUT2D eigenvalue weighted by Crippen LogP contribution is -2.10. The van der Waals surface area contributed by atoms with Gasteiger partial charge in [0.2, 0.25) is 0 Å². The third kappa shape index (κ3) is 3.00. The number of carbonyl (C=O) groups excluding carboxylic acids is 2. The molecule has 0 aliphatic heterocycles. The predicted octanol–water partition coefficient (Wildman–Crippen LogP) is 2.05. The second-order valence-corrected chi connectivity index (χ2v) is 3.63. The second kappa shape index (κ2) is 6.05. The number of hydrogen-bond acceptors (Lipinski definition) is 5. The Kier molecular flexibility index (Phi) is 4.71. The molecule has 1 aromatic carbocycles. The van der Waals surface area contributed by atoms with Crippen LogP contribution >= 0.6 is 0 Å². The molecule has 1 aromatic rings. The summed E-state index contributed by atoms with van der Waals surface area (Å²) in [5.74, 6) is -1.38. The lowest BCUT2D eigenvalue weighted by molar-refractivity contribution is 0.0522. The molecule has 0 saturated heterocycles. The van der Waals surface area contributed by atoms with Gasteiger partial charge in [-0.25, -0.2) is 9.59 Å². The SMILES string of the molecule is CCOC(=O)c1cc(C)c(O)c(C(=O)OCC)c1. The summed E-state index contributed by atoms with van der Waals surface area (Å²) in [7, 11) is 0.